The van der Waals surface area contributed by atoms with Crippen molar-refractivity contribution in [1.82, 2.24) is 19.9 Å². The minimum absolute atomic E-state index is 0.352. The molecule has 0 bridgehead atoms. The fourth-order valence-electron chi connectivity index (χ4n) is 4.18. The van der Waals surface area contributed by atoms with Gasteiger partial charge in [-0.25, -0.2) is 4.98 Å². The van der Waals surface area contributed by atoms with Gasteiger partial charge < -0.3 is 15.6 Å². The highest BCUT2D eigenvalue weighted by molar-refractivity contribution is 7.15. The Morgan fingerprint density at radius 3 is 2.59 bits per heavy atom. The number of thiophene rings is 1. The summed E-state index contributed by atoms with van der Waals surface area (Å²) >= 11 is 1.76. The summed E-state index contributed by atoms with van der Waals surface area (Å²) < 4.78 is 0. The van der Waals surface area contributed by atoms with E-state index in [1.165, 1.54) is 15.3 Å². The molecule has 0 atom stereocenters. The van der Waals surface area contributed by atoms with Gasteiger partial charge in [0.1, 0.15) is 11.3 Å². The van der Waals surface area contributed by atoms with Gasteiger partial charge in [-0.2, -0.15) is 0 Å². The lowest BCUT2D eigenvalue weighted by atomic mass is 10.0. The van der Waals surface area contributed by atoms with E-state index in [1.807, 2.05) is 31.8 Å². The van der Waals surface area contributed by atoms with Crippen molar-refractivity contribution >= 4 is 33.7 Å². The summed E-state index contributed by atoms with van der Waals surface area (Å²) in [6.07, 6.45) is 8.21. The number of benzene rings is 1. The van der Waals surface area contributed by atoms with Gasteiger partial charge in [-0.05, 0) is 62.2 Å². The summed E-state index contributed by atoms with van der Waals surface area (Å²) in [5.74, 6) is 0.916. The molecule has 3 N–H and O–H groups in total. The van der Waals surface area contributed by atoms with Crippen molar-refractivity contribution in [2.75, 3.05) is 17.7 Å². The largest absolute Gasteiger partial charge is 0.388 e. The first kappa shape index (κ1) is 22.1. The minimum atomic E-state index is 0.352. The fraction of sp³-hybridized carbons (Fsp3) is 0.222. The quantitative estimate of drug-likeness (QED) is 0.254. The number of hydrogen-bond acceptors (Lipinski definition) is 6. The lowest BCUT2D eigenvalue weighted by Gasteiger charge is -2.13. The molecule has 1 aromatic carbocycles. The second kappa shape index (κ2) is 9.27. The first-order valence-electron chi connectivity index (χ1n) is 11.4. The first-order valence-corrected chi connectivity index (χ1v) is 12.2. The van der Waals surface area contributed by atoms with Gasteiger partial charge in [0.2, 0.25) is 0 Å². The Morgan fingerprint density at radius 2 is 1.82 bits per heavy atom. The molecule has 5 rings (SSSR count). The molecule has 0 amide bonds. The SMILES string of the molecule is CNc1ccc(-c2cncc(NC(C)C)c2)cc1Cc1nc2c(-c3ccc(C)s3)cncc2[nH]1. The van der Waals surface area contributed by atoms with Gasteiger partial charge in [0.05, 0.1) is 17.4 Å². The van der Waals surface area contributed by atoms with Crippen molar-refractivity contribution in [3.63, 3.8) is 0 Å². The van der Waals surface area contributed by atoms with Crippen LogP contribution in [0.3, 0.4) is 0 Å². The molecular weight excluding hydrogens is 440 g/mol. The molecule has 4 heterocycles. The zero-order valence-corrected chi connectivity index (χ0v) is 20.6. The number of hydrogen-bond donors (Lipinski definition) is 3. The Balaban J connectivity index is 1.50. The van der Waals surface area contributed by atoms with E-state index >= 15 is 0 Å². The summed E-state index contributed by atoms with van der Waals surface area (Å²) in [6.45, 7) is 6.37. The van der Waals surface area contributed by atoms with E-state index in [4.69, 9.17) is 4.98 Å². The summed E-state index contributed by atoms with van der Waals surface area (Å²) in [5.41, 5.74) is 8.47. The monoisotopic (exact) mass is 468 g/mol. The van der Waals surface area contributed by atoms with Crippen LogP contribution in [0.4, 0.5) is 11.4 Å². The van der Waals surface area contributed by atoms with Crippen LogP contribution in [0.2, 0.25) is 0 Å². The van der Waals surface area contributed by atoms with E-state index in [9.17, 15) is 0 Å². The van der Waals surface area contributed by atoms with E-state index in [1.54, 1.807) is 11.3 Å². The molecule has 0 aliphatic heterocycles. The molecule has 0 fully saturated rings. The van der Waals surface area contributed by atoms with Crippen molar-refractivity contribution in [2.45, 2.75) is 33.2 Å². The zero-order chi connectivity index (χ0) is 23.7. The number of aromatic amines is 1. The molecule has 172 valence electrons. The van der Waals surface area contributed by atoms with E-state index in [0.717, 1.165) is 44.9 Å². The van der Waals surface area contributed by atoms with Crippen molar-refractivity contribution in [3.8, 4) is 21.6 Å². The maximum atomic E-state index is 4.98. The maximum absolute atomic E-state index is 4.98. The Morgan fingerprint density at radius 1 is 0.971 bits per heavy atom. The molecule has 0 saturated heterocycles. The van der Waals surface area contributed by atoms with Crippen molar-refractivity contribution in [3.05, 3.63) is 77.5 Å². The minimum Gasteiger partial charge on any atom is -0.388 e. The Labute approximate surface area is 203 Å². The van der Waals surface area contributed by atoms with Gasteiger partial charge >= 0.3 is 0 Å². The van der Waals surface area contributed by atoms with E-state index in [0.29, 0.717) is 12.5 Å². The Bertz CT molecular complexity index is 1450. The Hall–Kier alpha value is -3.71. The topological polar surface area (TPSA) is 78.5 Å². The number of rotatable bonds is 7. The third-order valence-corrected chi connectivity index (χ3v) is 6.74. The molecule has 0 saturated carbocycles. The van der Waals surface area contributed by atoms with Gasteiger partial charge in [0, 0.05) is 64.7 Å². The van der Waals surface area contributed by atoms with Crippen LogP contribution in [-0.4, -0.2) is 33.0 Å². The second-order valence-electron chi connectivity index (χ2n) is 8.74. The van der Waals surface area contributed by atoms with Crippen LogP contribution < -0.4 is 10.6 Å². The first-order chi connectivity index (χ1) is 16.5. The van der Waals surface area contributed by atoms with Crippen molar-refractivity contribution in [2.24, 2.45) is 0 Å². The molecular formula is C27H28N6S. The summed E-state index contributed by atoms with van der Waals surface area (Å²) in [7, 11) is 1.95. The third kappa shape index (κ3) is 4.52. The molecule has 6 nitrogen and oxygen atoms in total. The molecule has 0 aliphatic carbocycles. The molecule has 5 aromatic rings. The van der Waals surface area contributed by atoms with E-state index in [2.05, 4.69) is 82.8 Å². The smallest absolute Gasteiger partial charge is 0.111 e. The molecule has 4 aromatic heterocycles. The van der Waals surface area contributed by atoms with Crippen LogP contribution in [0.5, 0.6) is 0 Å². The highest BCUT2D eigenvalue weighted by Crippen LogP contribution is 2.33. The molecule has 34 heavy (non-hydrogen) atoms. The molecule has 7 heteroatoms. The van der Waals surface area contributed by atoms with Crippen LogP contribution in [0.1, 0.15) is 30.1 Å². The Kier molecular flexibility index (Phi) is 6.02. The van der Waals surface area contributed by atoms with Gasteiger partial charge in [-0.15, -0.1) is 11.3 Å². The zero-order valence-electron chi connectivity index (χ0n) is 19.8. The van der Waals surface area contributed by atoms with Crippen molar-refractivity contribution < 1.29 is 0 Å². The van der Waals surface area contributed by atoms with Crippen LogP contribution in [0, 0.1) is 6.92 Å². The molecule has 0 unspecified atom stereocenters. The second-order valence-corrected chi connectivity index (χ2v) is 10.0. The molecule has 0 spiro atoms. The van der Waals surface area contributed by atoms with Crippen LogP contribution in [0.15, 0.2) is 61.2 Å². The summed E-state index contributed by atoms with van der Waals surface area (Å²) in [4.78, 5) is 19.8. The van der Waals surface area contributed by atoms with Gasteiger partial charge in [0.25, 0.3) is 0 Å². The number of imidazole rings is 1. The van der Waals surface area contributed by atoms with Crippen LogP contribution >= 0.6 is 11.3 Å². The normalized spacial score (nSPS) is 11.3. The van der Waals surface area contributed by atoms with Crippen LogP contribution in [-0.2, 0) is 6.42 Å². The highest BCUT2D eigenvalue weighted by Gasteiger charge is 2.14. The number of fused-ring (bicyclic) bond motifs is 1. The van der Waals surface area contributed by atoms with Gasteiger partial charge in [-0.3, -0.25) is 9.97 Å². The average Bonchev–Trinajstić information content (AvgIpc) is 3.44. The lowest BCUT2D eigenvalue weighted by Crippen LogP contribution is -2.09. The van der Waals surface area contributed by atoms with E-state index < -0.39 is 0 Å². The summed E-state index contributed by atoms with van der Waals surface area (Å²) in [6, 6.07) is 13.2. The maximum Gasteiger partial charge on any atom is 0.111 e. The van der Waals surface area contributed by atoms with Gasteiger partial charge in [-0.1, -0.05) is 6.07 Å². The number of aryl methyl sites for hydroxylation is 1. The summed E-state index contributed by atoms with van der Waals surface area (Å²) in [5, 5.41) is 6.76. The predicted molar refractivity (Wildman–Crippen MR) is 143 cm³/mol. The fourth-order valence-corrected chi connectivity index (χ4v) is 5.06. The number of H-pyrrole nitrogens is 1. The molecule has 0 radical (unpaired) electrons. The number of anilines is 2. The standard InChI is InChI=1S/C27H28N6S/c1-16(2)31-21-10-20(12-29-13-21)18-6-7-23(28-4)19(9-18)11-26-32-24-15-30-14-22(27(24)33-26)25-8-5-17(3)34-25/h5-10,12-16,28,31H,11H2,1-4H3,(H,32,33). The molecule has 0 aliphatic rings. The number of nitrogens with zero attached hydrogens (tertiary/aromatic N) is 3. The van der Waals surface area contributed by atoms with Crippen molar-refractivity contribution in [1.29, 1.82) is 0 Å². The van der Waals surface area contributed by atoms with E-state index in [-0.39, 0.29) is 0 Å². The number of aromatic nitrogens is 4. The number of pyridine rings is 2. The predicted octanol–water partition coefficient (Wildman–Crippen LogP) is 6.51. The highest BCUT2D eigenvalue weighted by atomic mass is 32.1. The number of nitrogens with one attached hydrogen (secondary N) is 3. The third-order valence-electron chi connectivity index (χ3n) is 5.71. The van der Waals surface area contributed by atoms with Crippen LogP contribution in [0.25, 0.3) is 32.6 Å². The lowest BCUT2D eigenvalue weighted by molar-refractivity contribution is 0.898. The average molecular weight is 469 g/mol. The van der Waals surface area contributed by atoms with Gasteiger partial charge in [0.15, 0.2) is 0 Å².